The Morgan fingerprint density at radius 3 is 2.45 bits per heavy atom. The Morgan fingerprint density at radius 2 is 1.83 bits per heavy atom. The number of benzene rings is 2. The van der Waals surface area contributed by atoms with E-state index in [2.05, 4.69) is 9.83 Å². The number of fused-ring (bicyclic) bond motifs is 1. The normalized spacial score (nSPS) is 17.6. The third-order valence-electron chi connectivity index (χ3n) is 5.95. The fourth-order valence-electron chi connectivity index (χ4n) is 3.47. The van der Waals surface area contributed by atoms with Crippen molar-refractivity contribution in [1.29, 1.82) is 0 Å². The zero-order valence-electron chi connectivity index (χ0n) is 17.2. The maximum Gasteiger partial charge on any atom is 0.495 e. The van der Waals surface area contributed by atoms with Gasteiger partial charge in [-0.25, -0.2) is 9.83 Å². The quantitative estimate of drug-likeness (QED) is 0.538. The first-order chi connectivity index (χ1) is 13.7. The summed E-state index contributed by atoms with van der Waals surface area (Å²) in [7, 11) is -0.482. The molecule has 2 heterocycles. The van der Waals surface area contributed by atoms with Crippen LogP contribution in [-0.4, -0.2) is 28.4 Å². The molecule has 29 heavy (non-hydrogen) atoms. The fraction of sp³-hybridized carbons (Fsp3) is 0.364. The van der Waals surface area contributed by atoms with Crippen LogP contribution in [0, 0.1) is 13.5 Å². The van der Waals surface area contributed by atoms with Gasteiger partial charge in [0.1, 0.15) is 0 Å². The molecular weight excluding hydrogens is 367 g/mol. The number of aliphatic hydroxyl groups is 1. The van der Waals surface area contributed by atoms with Gasteiger partial charge in [-0.3, -0.25) is 0 Å². The van der Waals surface area contributed by atoms with E-state index >= 15 is 0 Å². The van der Waals surface area contributed by atoms with Gasteiger partial charge >= 0.3 is 7.12 Å². The SMILES string of the molecule is [C-]#[N+]c1cc(CO)cc2nc(-c3cccc(B4OC(C)(C)C(C)(C)O4)c3C)oc12. The van der Waals surface area contributed by atoms with Crippen molar-refractivity contribution in [3.8, 4) is 11.5 Å². The summed E-state index contributed by atoms with van der Waals surface area (Å²) in [6.45, 7) is 17.3. The summed E-state index contributed by atoms with van der Waals surface area (Å²) in [6, 6.07) is 9.20. The summed E-state index contributed by atoms with van der Waals surface area (Å²) in [5.74, 6) is 0.427. The number of rotatable bonds is 3. The average molecular weight is 390 g/mol. The summed E-state index contributed by atoms with van der Waals surface area (Å²) < 4.78 is 18.4. The van der Waals surface area contributed by atoms with Crippen LogP contribution in [0.15, 0.2) is 34.7 Å². The highest BCUT2D eigenvalue weighted by Crippen LogP contribution is 2.38. The molecule has 148 valence electrons. The molecule has 0 bridgehead atoms. The van der Waals surface area contributed by atoms with E-state index in [9.17, 15) is 5.11 Å². The minimum atomic E-state index is -0.482. The largest absolute Gasteiger partial charge is 0.495 e. The summed E-state index contributed by atoms with van der Waals surface area (Å²) in [5, 5.41) is 9.44. The Kier molecular flexibility index (Phi) is 4.54. The van der Waals surface area contributed by atoms with E-state index in [0.717, 1.165) is 16.6 Å². The molecule has 0 aliphatic carbocycles. The highest BCUT2D eigenvalue weighted by atomic mass is 16.7. The molecule has 3 aromatic rings. The Balaban J connectivity index is 1.80. The zero-order chi connectivity index (χ0) is 21.0. The summed E-state index contributed by atoms with van der Waals surface area (Å²) in [5.41, 5.74) is 3.78. The highest BCUT2D eigenvalue weighted by Gasteiger charge is 2.52. The maximum absolute atomic E-state index is 9.44. The summed E-state index contributed by atoms with van der Waals surface area (Å²) >= 11 is 0. The van der Waals surface area contributed by atoms with E-state index in [-0.39, 0.29) is 6.61 Å². The lowest BCUT2D eigenvalue weighted by atomic mass is 9.75. The van der Waals surface area contributed by atoms with Gasteiger partial charge in [0, 0.05) is 5.56 Å². The lowest BCUT2D eigenvalue weighted by Gasteiger charge is -2.32. The van der Waals surface area contributed by atoms with Gasteiger partial charge in [-0.1, -0.05) is 12.1 Å². The van der Waals surface area contributed by atoms with Crippen LogP contribution in [0.5, 0.6) is 0 Å². The Morgan fingerprint density at radius 1 is 1.14 bits per heavy atom. The molecule has 1 aromatic heterocycles. The van der Waals surface area contributed by atoms with Gasteiger partial charge < -0.3 is 18.8 Å². The Hall–Kier alpha value is -2.66. The maximum atomic E-state index is 9.44. The first-order valence-electron chi connectivity index (χ1n) is 9.54. The molecule has 1 saturated heterocycles. The standard InChI is InChI=1S/C22H23BN2O4/c1-13-15(8-7-9-16(13)23-28-21(2,3)22(4,5)29-23)20-25-18-11-14(12-26)10-17(24-6)19(18)27-20/h7-11,26H,12H2,1-5H3. The van der Waals surface area contributed by atoms with Crippen molar-refractivity contribution in [1.82, 2.24) is 4.98 Å². The number of aromatic nitrogens is 1. The molecule has 1 fully saturated rings. The van der Waals surface area contributed by atoms with E-state index in [0.29, 0.717) is 28.2 Å². The molecule has 1 aliphatic heterocycles. The Labute approximate surface area is 170 Å². The van der Waals surface area contributed by atoms with Crippen molar-refractivity contribution in [3.05, 3.63) is 52.9 Å². The predicted molar refractivity (Wildman–Crippen MR) is 112 cm³/mol. The fourth-order valence-corrected chi connectivity index (χ4v) is 3.47. The number of aliphatic hydroxyl groups excluding tert-OH is 1. The Bertz CT molecular complexity index is 1130. The molecule has 6 nitrogen and oxygen atoms in total. The van der Waals surface area contributed by atoms with Crippen LogP contribution in [-0.2, 0) is 15.9 Å². The van der Waals surface area contributed by atoms with Crippen LogP contribution < -0.4 is 5.46 Å². The monoisotopic (exact) mass is 390 g/mol. The number of oxazole rings is 1. The molecule has 0 unspecified atom stereocenters. The average Bonchev–Trinajstić information content (AvgIpc) is 3.18. The number of hydrogen-bond donors (Lipinski definition) is 1. The lowest BCUT2D eigenvalue weighted by Crippen LogP contribution is -2.41. The van der Waals surface area contributed by atoms with Gasteiger partial charge in [0.05, 0.1) is 29.9 Å². The van der Waals surface area contributed by atoms with Crippen LogP contribution in [0.2, 0.25) is 0 Å². The van der Waals surface area contributed by atoms with Crippen LogP contribution in [0.4, 0.5) is 5.69 Å². The summed E-state index contributed by atoms with van der Waals surface area (Å²) in [4.78, 5) is 8.10. The number of hydrogen-bond acceptors (Lipinski definition) is 5. The van der Waals surface area contributed by atoms with Gasteiger partial charge in [-0.15, -0.1) is 0 Å². The molecule has 7 heteroatoms. The minimum absolute atomic E-state index is 0.156. The van der Waals surface area contributed by atoms with E-state index in [4.69, 9.17) is 20.3 Å². The predicted octanol–water partition coefficient (Wildman–Crippen LogP) is 4.15. The second-order valence-electron chi connectivity index (χ2n) is 8.36. The number of nitrogens with zero attached hydrogens (tertiary/aromatic N) is 2. The minimum Gasteiger partial charge on any atom is -0.448 e. The van der Waals surface area contributed by atoms with Crippen molar-refractivity contribution in [3.63, 3.8) is 0 Å². The van der Waals surface area contributed by atoms with Gasteiger partial charge in [-0.05, 0) is 69.4 Å². The molecule has 0 atom stereocenters. The van der Waals surface area contributed by atoms with Crippen LogP contribution in [0.25, 0.3) is 27.4 Å². The van der Waals surface area contributed by atoms with Crippen molar-refractivity contribution in [2.75, 3.05) is 0 Å². The van der Waals surface area contributed by atoms with Crippen molar-refractivity contribution >= 4 is 29.4 Å². The molecule has 4 rings (SSSR count). The van der Waals surface area contributed by atoms with Gasteiger partial charge in [0.15, 0.2) is 5.58 Å². The van der Waals surface area contributed by atoms with Crippen LogP contribution in [0.3, 0.4) is 0 Å². The van der Waals surface area contributed by atoms with Crippen molar-refractivity contribution < 1.29 is 18.8 Å². The molecule has 0 spiro atoms. The molecular formula is C22H23BN2O4. The molecule has 0 radical (unpaired) electrons. The van der Waals surface area contributed by atoms with E-state index in [1.165, 1.54) is 0 Å². The molecule has 0 amide bonds. The van der Waals surface area contributed by atoms with Gasteiger partial charge in [-0.2, -0.15) is 0 Å². The van der Waals surface area contributed by atoms with Crippen molar-refractivity contribution in [2.24, 2.45) is 0 Å². The van der Waals surface area contributed by atoms with Gasteiger partial charge in [0.25, 0.3) is 0 Å². The van der Waals surface area contributed by atoms with Crippen LogP contribution >= 0.6 is 0 Å². The first-order valence-corrected chi connectivity index (χ1v) is 9.54. The first kappa shape index (κ1) is 19.7. The molecule has 0 saturated carbocycles. The molecule has 2 aromatic carbocycles. The van der Waals surface area contributed by atoms with E-state index in [1.54, 1.807) is 12.1 Å². The third-order valence-corrected chi connectivity index (χ3v) is 5.95. The van der Waals surface area contributed by atoms with Gasteiger partial charge in [0.2, 0.25) is 11.6 Å². The third kappa shape index (κ3) is 3.14. The smallest absolute Gasteiger partial charge is 0.448 e. The molecule has 1 N–H and O–H groups in total. The van der Waals surface area contributed by atoms with Crippen LogP contribution in [0.1, 0.15) is 38.8 Å². The second kappa shape index (κ2) is 6.70. The molecule has 1 aliphatic rings. The topological polar surface area (TPSA) is 69.1 Å². The second-order valence-corrected chi connectivity index (χ2v) is 8.36. The van der Waals surface area contributed by atoms with E-state index in [1.807, 2.05) is 52.8 Å². The highest BCUT2D eigenvalue weighted by molar-refractivity contribution is 6.62. The lowest BCUT2D eigenvalue weighted by molar-refractivity contribution is 0.00578. The zero-order valence-corrected chi connectivity index (χ0v) is 17.2. The summed E-state index contributed by atoms with van der Waals surface area (Å²) in [6.07, 6.45) is 0. The van der Waals surface area contributed by atoms with E-state index < -0.39 is 18.3 Å². The van der Waals surface area contributed by atoms with Crippen molar-refractivity contribution in [2.45, 2.75) is 52.4 Å².